The van der Waals surface area contributed by atoms with Crippen molar-refractivity contribution in [2.75, 3.05) is 5.73 Å². The molecule has 0 aliphatic carbocycles. The lowest BCUT2D eigenvalue weighted by atomic mass is 10.3. The molecular formula is C9H9N3S2. The van der Waals surface area contributed by atoms with Crippen LogP contribution in [0.1, 0.15) is 4.88 Å². The summed E-state index contributed by atoms with van der Waals surface area (Å²) in [6.07, 6.45) is 1.79. The second kappa shape index (κ2) is 4.43. The first-order valence-electron chi connectivity index (χ1n) is 4.10. The van der Waals surface area contributed by atoms with Crippen molar-refractivity contribution >= 4 is 29.0 Å². The molecule has 2 N–H and O–H groups in total. The zero-order valence-electron chi connectivity index (χ0n) is 7.38. The molecule has 1 aromatic heterocycles. The Morgan fingerprint density at radius 3 is 2.93 bits per heavy atom. The van der Waals surface area contributed by atoms with Crippen molar-refractivity contribution in [1.82, 2.24) is 9.59 Å². The van der Waals surface area contributed by atoms with Gasteiger partial charge in [-0.05, 0) is 23.7 Å². The fraction of sp³-hybridized carbons (Fsp3) is 0.111. The summed E-state index contributed by atoms with van der Waals surface area (Å²) < 4.78 is 3.80. The lowest BCUT2D eigenvalue weighted by Gasteiger charge is -2.02. The Hall–Kier alpha value is -1.07. The normalized spacial score (nSPS) is 10.3. The summed E-state index contributed by atoms with van der Waals surface area (Å²) in [5.74, 6) is 0.881. The van der Waals surface area contributed by atoms with E-state index >= 15 is 0 Å². The number of aromatic nitrogens is 2. The van der Waals surface area contributed by atoms with Gasteiger partial charge in [-0.1, -0.05) is 16.6 Å². The molecular weight excluding hydrogens is 214 g/mol. The van der Waals surface area contributed by atoms with E-state index in [1.807, 2.05) is 24.3 Å². The number of benzene rings is 1. The predicted octanol–water partition coefficient (Wildman–Crippen LogP) is 2.41. The van der Waals surface area contributed by atoms with Crippen LogP contribution in [0.2, 0.25) is 0 Å². The molecule has 0 atom stereocenters. The minimum atomic E-state index is 0.829. The van der Waals surface area contributed by atoms with E-state index < -0.39 is 0 Å². The van der Waals surface area contributed by atoms with Gasteiger partial charge in [0.1, 0.15) is 0 Å². The lowest BCUT2D eigenvalue weighted by molar-refractivity contribution is 1.15. The van der Waals surface area contributed by atoms with Crippen LogP contribution >= 0.6 is 23.3 Å². The fourth-order valence-corrected chi connectivity index (χ4v) is 2.47. The molecule has 0 spiro atoms. The molecule has 2 rings (SSSR count). The number of rotatable bonds is 3. The highest BCUT2D eigenvalue weighted by atomic mass is 32.2. The topological polar surface area (TPSA) is 51.8 Å². The summed E-state index contributed by atoms with van der Waals surface area (Å²) in [7, 11) is 0. The van der Waals surface area contributed by atoms with E-state index in [1.54, 1.807) is 18.0 Å². The molecule has 0 aliphatic rings. The highest BCUT2D eigenvalue weighted by Crippen LogP contribution is 2.28. The van der Waals surface area contributed by atoms with Gasteiger partial charge >= 0.3 is 0 Å². The Labute approximate surface area is 90.5 Å². The van der Waals surface area contributed by atoms with Crippen LogP contribution < -0.4 is 5.73 Å². The number of nitrogens with two attached hydrogens (primary N) is 1. The molecule has 1 heterocycles. The molecule has 0 fully saturated rings. The Morgan fingerprint density at radius 1 is 1.36 bits per heavy atom. The molecule has 0 unspecified atom stereocenters. The number of anilines is 1. The highest BCUT2D eigenvalue weighted by molar-refractivity contribution is 7.98. The number of hydrogen-bond acceptors (Lipinski definition) is 5. The Balaban J connectivity index is 2.02. The summed E-state index contributed by atoms with van der Waals surface area (Å²) in [6.45, 7) is 0. The van der Waals surface area contributed by atoms with Gasteiger partial charge in [-0.25, -0.2) is 0 Å². The molecule has 1 aromatic carbocycles. The van der Waals surface area contributed by atoms with E-state index in [0.717, 1.165) is 16.3 Å². The quantitative estimate of drug-likeness (QED) is 0.641. The first kappa shape index (κ1) is 9.48. The van der Waals surface area contributed by atoms with Crippen LogP contribution in [0, 0.1) is 0 Å². The van der Waals surface area contributed by atoms with Crippen LogP contribution in [0.4, 0.5) is 5.69 Å². The van der Waals surface area contributed by atoms with Crippen molar-refractivity contribution in [3.05, 3.63) is 35.3 Å². The van der Waals surface area contributed by atoms with Crippen LogP contribution in [-0.2, 0) is 5.75 Å². The largest absolute Gasteiger partial charge is 0.398 e. The van der Waals surface area contributed by atoms with Gasteiger partial charge in [0, 0.05) is 16.3 Å². The molecule has 72 valence electrons. The van der Waals surface area contributed by atoms with Gasteiger partial charge in [0.15, 0.2) is 0 Å². The van der Waals surface area contributed by atoms with Crippen molar-refractivity contribution < 1.29 is 0 Å². The van der Waals surface area contributed by atoms with Crippen molar-refractivity contribution in [3.8, 4) is 0 Å². The van der Waals surface area contributed by atoms with Gasteiger partial charge in [0.2, 0.25) is 0 Å². The van der Waals surface area contributed by atoms with Gasteiger partial charge < -0.3 is 5.73 Å². The summed E-state index contributed by atoms with van der Waals surface area (Å²) in [6, 6.07) is 7.86. The maximum atomic E-state index is 5.81. The lowest BCUT2D eigenvalue weighted by Crippen LogP contribution is -1.87. The predicted molar refractivity (Wildman–Crippen MR) is 60.3 cm³/mol. The number of nitrogen functional groups attached to an aromatic ring is 1. The zero-order valence-corrected chi connectivity index (χ0v) is 9.02. The molecule has 5 heteroatoms. The smallest absolute Gasteiger partial charge is 0.0661 e. The maximum absolute atomic E-state index is 5.81. The zero-order chi connectivity index (χ0) is 9.80. The molecule has 2 aromatic rings. The Kier molecular flexibility index (Phi) is 3.00. The first-order chi connectivity index (χ1) is 6.86. The van der Waals surface area contributed by atoms with E-state index in [0.29, 0.717) is 0 Å². The third-order valence-electron chi connectivity index (χ3n) is 1.70. The van der Waals surface area contributed by atoms with Gasteiger partial charge in [-0.3, -0.25) is 0 Å². The van der Waals surface area contributed by atoms with E-state index in [-0.39, 0.29) is 0 Å². The second-order valence-corrected chi connectivity index (χ2v) is 4.60. The van der Waals surface area contributed by atoms with Crippen molar-refractivity contribution in [3.63, 3.8) is 0 Å². The second-order valence-electron chi connectivity index (χ2n) is 2.71. The molecule has 0 saturated heterocycles. The van der Waals surface area contributed by atoms with E-state index in [9.17, 15) is 0 Å². The van der Waals surface area contributed by atoms with Crippen LogP contribution in [0.15, 0.2) is 35.4 Å². The monoisotopic (exact) mass is 223 g/mol. The Morgan fingerprint density at radius 2 is 2.21 bits per heavy atom. The number of nitrogens with zero attached hydrogens (tertiary/aromatic N) is 2. The van der Waals surface area contributed by atoms with Gasteiger partial charge in [0.25, 0.3) is 0 Å². The molecule has 0 saturated carbocycles. The molecule has 0 amide bonds. The summed E-state index contributed by atoms with van der Waals surface area (Å²) in [5.41, 5.74) is 6.64. The standard InChI is InChI=1S/C9H9N3S2/c10-8-3-1-2-4-9(8)13-6-7-5-11-12-14-7/h1-5H,6,10H2. The summed E-state index contributed by atoms with van der Waals surface area (Å²) in [5, 5.41) is 3.78. The van der Waals surface area contributed by atoms with Crippen LogP contribution in [-0.4, -0.2) is 9.59 Å². The molecule has 0 bridgehead atoms. The molecule has 14 heavy (non-hydrogen) atoms. The SMILES string of the molecule is Nc1ccccc1SCc1cnns1. The minimum Gasteiger partial charge on any atom is -0.398 e. The van der Waals surface area contributed by atoms with Gasteiger partial charge in [-0.2, -0.15) is 0 Å². The van der Waals surface area contributed by atoms with Crippen molar-refractivity contribution in [2.45, 2.75) is 10.6 Å². The third-order valence-corrected chi connectivity index (χ3v) is 3.68. The molecule has 3 nitrogen and oxygen atoms in total. The molecule has 0 radical (unpaired) electrons. The average molecular weight is 223 g/mol. The van der Waals surface area contributed by atoms with Crippen molar-refractivity contribution in [1.29, 1.82) is 0 Å². The maximum Gasteiger partial charge on any atom is 0.0661 e. The van der Waals surface area contributed by atoms with E-state index in [2.05, 4.69) is 9.59 Å². The van der Waals surface area contributed by atoms with E-state index in [1.165, 1.54) is 16.4 Å². The van der Waals surface area contributed by atoms with Crippen LogP contribution in [0.3, 0.4) is 0 Å². The first-order valence-corrected chi connectivity index (χ1v) is 5.85. The van der Waals surface area contributed by atoms with Gasteiger partial charge in [0.05, 0.1) is 11.1 Å². The third kappa shape index (κ3) is 2.24. The van der Waals surface area contributed by atoms with Crippen LogP contribution in [0.5, 0.6) is 0 Å². The van der Waals surface area contributed by atoms with Gasteiger partial charge in [-0.15, -0.1) is 16.9 Å². The number of para-hydroxylation sites is 1. The Bertz CT molecular complexity index is 400. The summed E-state index contributed by atoms with van der Waals surface area (Å²) in [4.78, 5) is 2.28. The fourth-order valence-electron chi connectivity index (χ4n) is 1.01. The van der Waals surface area contributed by atoms with Crippen molar-refractivity contribution in [2.24, 2.45) is 0 Å². The minimum absolute atomic E-state index is 0.829. The summed E-state index contributed by atoms with van der Waals surface area (Å²) >= 11 is 3.14. The number of thioether (sulfide) groups is 1. The number of hydrogen-bond donors (Lipinski definition) is 1. The average Bonchev–Trinajstić information content (AvgIpc) is 2.69. The molecule has 0 aliphatic heterocycles. The highest BCUT2D eigenvalue weighted by Gasteiger charge is 2.00. The van der Waals surface area contributed by atoms with Crippen LogP contribution in [0.25, 0.3) is 0 Å². The van der Waals surface area contributed by atoms with E-state index in [4.69, 9.17) is 5.73 Å².